The topological polar surface area (TPSA) is 83.1 Å². The van der Waals surface area contributed by atoms with Crippen molar-refractivity contribution in [1.29, 1.82) is 0 Å². The smallest absolute Gasteiger partial charge is 0.266 e. The number of nitrogens with one attached hydrogen (secondary N) is 2. The molecule has 0 unspecified atom stereocenters. The van der Waals surface area contributed by atoms with Gasteiger partial charge in [-0.25, -0.2) is 0 Å². The van der Waals surface area contributed by atoms with Crippen LogP contribution in [0.4, 0.5) is 0 Å². The molecule has 2 aromatic heterocycles. The number of ether oxygens (including phenoxy) is 1. The molecule has 1 aliphatic heterocycles. The van der Waals surface area contributed by atoms with Crippen LogP contribution in [-0.4, -0.2) is 58.3 Å². The molecule has 0 spiro atoms. The standard InChI is InChI=1S/C18H25N5O2/c1-14-16(4-3-8-20-14)25-18(6-9-19-10-7-18)17(24)23(2)11-5-15-12-21-22-13-15/h3-4,8,12-13,19H,5-7,9-11H2,1-2H3,(H,21,22). The minimum absolute atomic E-state index is 0.0285. The molecule has 25 heavy (non-hydrogen) atoms. The summed E-state index contributed by atoms with van der Waals surface area (Å²) in [7, 11) is 1.84. The lowest BCUT2D eigenvalue weighted by molar-refractivity contribution is -0.149. The van der Waals surface area contributed by atoms with Crippen LogP contribution in [0.25, 0.3) is 0 Å². The first-order chi connectivity index (χ1) is 12.1. The van der Waals surface area contributed by atoms with E-state index in [4.69, 9.17) is 4.74 Å². The summed E-state index contributed by atoms with van der Waals surface area (Å²) in [6.45, 7) is 4.06. The van der Waals surface area contributed by atoms with E-state index < -0.39 is 5.60 Å². The van der Waals surface area contributed by atoms with Gasteiger partial charge in [0.25, 0.3) is 5.91 Å². The molecule has 2 N–H and O–H groups in total. The third-order valence-corrected chi connectivity index (χ3v) is 4.70. The molecule has 134 valence electrons. The van der Waals surface area contributed by atoms with Crippen LogP contribution in [0.1, 0.15) is 24.1 Å². The van der Waals surface area contributed by atoms with Gasteiger partial charge < -0.3 is 15.0 Å². The van der Waals surface area contributed by atoms with Crippen LogP contribution in [0, 0.1) is 6.92 Å². The van der Waals surface area contributed by atoms with Crippen molar-refractivity contribution in [1.82, 2.24) is 25.4 Å². The number of hydrogen-bond acceptors (Lipinski definition) is 5. The van der Waals surface area contributed by atoms with Gasteiger partial charge in [0.05, 0.1) is 11.9 Å². The van der Waals surface area contributed by atoms with E-state index in [1.165, 1.54) is 0 Å². The number of aromatic nitrogens is 3. The Morgan fingerprint density at radius 1 is 1.40 bits per heavy atom. The molecular weight excluding hydrogens is 318 g/mol. The molecule has 3 heterocycles. The third-order valence-electron chi connectivity index (χ3n) is 4.70. The maximum Gasteiger partial charge on any atom is 0.266 e. The molecule has 1 aliphatic rings. The maximum atomic E-state index is 13.2. The summed E-state index contributed by atoms with van der Waals surface area (Å²) >= 11 is 0. The van der Waals surface area contributed by atoms with Gasteiger partial charge in [-0.2, -0.15) is 5.10 Å². The van der Waals surface area contributed by atoms with Gasteiger partial charge in [-0.05, 0) is 44.1 Å². The first kappa shape index (κ1) is 17.4. The Bertz CT molecular complexity index is 695. The molecule has 1 amide bonds. The number of hydrogen-bond donors (Lipinski definition) is 2. The summed E-state index contributed by atoms with van der Waals surface area (Å²) < 4.78 is 6.28. The lowest BCUT2D eigenvalue weighted by Crippen LogP contribution is -2.57. The largest absolute Gasteiger partial charge is 0.475 e. The van der Waals surface area contributed by atoms with E-state index in [0.717, 1.165) is 30.8 Å². The van der Waals surface area contributed by atoms with E-state index in [0.29, 0.717) is 25.1 Å². The van der Waals surface area contributed by atoms with Crippen molar-refractivity contribution in [2.75, 3.05) is 26.7 Å². The number of H-pyrrole nitrogens is 1. The predicted molar refractivity (Wildman–Crippen MR) is 94.4 cm³/mol. The fourth-order valence-corrected chi connectivity index (χ4v) is 3.14. The number of aryl methyl sites for hydroxylation is 1. The molecule has 0 aromatic carbocycles. The molecule has 7 nitrogen and oxygen atoms in total. The van der Waals surface area contributed by atoms with E-state index >= 15 is 0 Å². The maximum absolute atomic E-state index is 13.2. The zero-order valence-corrected chi connectivity index (χ0v) is 14.8. The van der Waals surface area contributed by atoms with E-state index in [2.05, 4.69) is 20.5 Å². The van der Waals surface area contributed by atoms with Gasteiger partial charge in [0.2, 0.25) is 0 Å². The summed E-state index contributed by atoms with van der Waals surface area (Å²) in [4.78, 5) is 19.3. The van der Waals surface area contributed by atoms with Gasteiger partial charge in [-0.3, -0.25) is 14.9 Å². The molecule has 0 bridgehead atoms. The molecule has 2 aromatic rings. The van der Waals surface area contributed by atoms with E-state index in [9.17, 15) is 4.79 Å². The van der Waals surface area contributed by atoms with Crippen molar-refractivity contribution in [2.45, 2.75) is 31.8 Å². The molecule has 1 saturated heterocycles. The van der Waals surface area contributed by atoms with Crippen LogP contribution in [0.15, 0.2) is 30.7 Å². The van der Waals surface area contributed by atoms with Gasteiger partial charge in [0.1, 0.15) is 5.75 Å². The summed E-state index contributed by atoms with van der Waals surface area (Å²) in [5.41, 5.74) is 1.06. The second-order valence-corrected chi connectivity index (χ2v) is 6.52. The number of nitrogens with zero attached hydrogens (tertiary/aromatic N) is 3. The second kappa shape index (κ2) is 7.65. The van der Waals surface area contributed by atoms with Gasteiger partial charge in [0, 0.05) is 38.8 Å². The van der Waals surface area contributed by atoms with Crippen LogP contribution in [0.5, 0.6) is 5.75 Å². The van der Waals surface area contributed by atoms with Crippen LogP contribution in [0.3, 0.4) is 0 Å². The van der Waals surface area contributed by atoms with Crippen molar-refractivity contribution in [3.8, 4) is 5.75 Å². The van der Waals surface area contributed by atoms with Crippen molar-refractivity contribution < 1.29 is 9.53 Å². The molecule has 0 saturated carbocycles. The van der Waals surface area contributed by atoms with Crippen molar-refractivity contribution >= 4 is 5.91 Å². The number of carbonyl (C=O) groups is 1. The average molecular weight is 343 g/mol. The van der Waals surface area contributed by atoms with Crippen molar-refractivity contribution in [3.63, 3.8) is 0 Å². The summed E-state index contributed by atoms with van der Waals surface area (Å²) in [5.74, 6) is 0.710. The minimum atomic E-state index is -0.829. The summed E-state index contributed by atoms with van der Waals surface area (Å²) in [5, 5.41) is 10.1. The number of aromatic amines is 1. The van der Waals surface area contributed by atoms with Gasteiger partial charge in [-0.15, -0.1) is 0 Å². The second-order valence-electron chi connectivity index (χ2n) is 6.52. The monoisotopic (exact) mass is 343 g/mol. The van der Waals surface area contributed by atoms with Gasteiger partial charge in [-0.1, -0.05) is 0 Å². The Labute approximate surface area is 147 Å². The fourth-order valence-electron chi connectivity index (χ4n) is 3.14. The zero-order valence-electron chi connectivity index (χ0n) is 14.8. The van der Waals surface area contributed by atoms with E-state index in [1.54, 1.807) is 17.3 Å². The number of piperidine rings is 1. The minimum Gasteiger partial charge on any atom is -0.475 e. The average Bonchev–Trinajstić information content (AvgIpc) is 3.15. The highest BCUT2D eigenvalue weighted by atomic mass is 16.5. The Morgan fingerprint density at radius 2 is 2.20 bits per heavy atom. The number of pyridine rings is 1. The van der Waals surface area contributed by atoms with Crippen LogP contribution in [0.2, 0.25) is 0 Å². The quantitative estimate of drug-likeness (QED) is 0.826. The first-order valence-electron chi connectivity index (χ1n) is 8.65. The SMILES string of the molecule is Cc1ncccc1OC1(C(=O)N(C)CCc2cn[nH]c2)CCNCC1. The number of rotatable bonds is 6. The Kier molecular flexibility index (Phi) is 5.33. The number of carbonyl (C=O) groups excluding carboxylic acids is 1. The van der Waals surface area contributed by atoms with Crippen LogP contribution < -0.4 is 10.1 Å². The molecule has 0 aliphatic carbocycles. The third kappa shape index (κ3) is 3.99. The normalized spacial score (nSPS) is 16.4. The van der Waals surface area contributed by atoms with Gasteiger partial charge in [0.15, 0.2) is 5.60 Å². The highest BCUT2D eigenvalue weighted by molar-refractivity contribution is 5.85. The molecule has 3 rings (SSSR count). The Hall–Kier alpha value is -2.41. The molecule has 0 radical (unpaired) electrons. The lowest BCUT2D eigenvalue weighted by atomic mass is 9.90. The van der Waals surface area contributed by atoms with Crippen molar-refractivity contribution in [3.05, 3.63) is 42.0 Å². The van der Waals surface area contributed by atoms with Crippen molar-refractivity contribution in [2.24, 2.45) is 0 Å². The molecule has 7 heteroatoms. The Balaban J connectivity index is 1.74. The summed E-state index contributed by atoms with van der Waals surface area (Å²) in [6, 6.07) is 3.72. The molecule has 0 atom stereocenters. The van der Waals surface area contributed by atoms with Crippen LogP contribution >= 0.6 is 0 Å². The number of likely N-dealkylation sites (N-methyl/N-ethyl adjacent to an activating group) is 1. The van der Waals surface area contributed by atoms with E-state index in [-0.39, 0.29) is 5.91 Å². The fraction of sp³-hybridized carbons (Fsp3) is 0.500. The van der Waals surface area contributed by atoms with Gasteiger partial charge >= 0.3 is 0 Å². The Morgan fingerprint density at radius 3 is 2.88 bits per heavy atom. The molecular formula is C18H25N5O2. The lowest BCUT2D eigenvalue weighted by Gasteiger charge is -2.39. The number of amides is 1. The molecule has 1 fully saturated rings. The predicted octanol–water partition coefficient (Wildman–Crippen LogP) is 1.32. The first-order valence-corrected chi connectivity index (χ1v) is 8.65. The highest BCUT2D eigenvalue weighted by Gasteiger charge is 2.44. The highest BCUT2D eigenvalue weighted by Crippen LogP contribution is 2.29. The van der Waals surface area contributed by atoms with Crippen LogP contribution in [-0.2, 0) is 11.2 Å². The summed E-state index contributed by atoms with van der Waals surface area (Å²) in [6.07, 6.45) is 7.43. The van der Waals surface area contributed by atoms with E-state index in [1.807, 2.05) is 32.3 Å². The zero-order chi connectivity index (χ0) is 17.7.